The van der Waals surface area contributed by atoms with Gasteiger partial charge in [-0.05, 0) is 12.5 Å². The molecule has 0 aliphatic carbocycles. The number of hydrogen-bond donors (Lipinski definition) is 0. The molecule has 0 fully saturated rings. The van der Waals surface area contributed by atoms with Crippen molar-refractivity contribution in [3.63, 3.8) is 0 Å². The van der Waals surface area contributed by atoms with Gasteiger partial charge in [-0.15, -0.1) is 0 Å². The normalized spacial score (nSPS) is 11.8. The molecule has 0 heterocycles. The van der Waals surface area contributed by atoms with Crippen LogP contribution in [-0.2, 0) is 20.9 Å². The van der Waals surface area contributed by atoms with Gasteiger partial charge >= 0.3 is 5.97 Å². The zero-order valence-electron chi connectivity index (χ0n) is 12.7. The second kappa shape index (κ2) is 7.68. The highest BCUT2D eigenvalue weighted by atomic mass is 16.5. The molecule has 0 saturated heterocycles. The van der Waals surface area contributed by atoms with Crippen molar-refractivity contribution < 1.29 is 14.3 Å². The molecule has 0 bridgehead atoms. The molecule has 110 valence electrons. The molecule has 0 aliphatic rings. The van der Waals surface area contributed by atoms with Gasteiger partial charge in [-0.1, -0.05) is 43.7 Å². The van der Waals surface area contributed by atoms with Crippen molar-refractivity contribution in [2.24, 2.45) is 5.92 Å². The molecule has 1 amide bonds. The Morgan fingerprint density at radius 2 is 1.85 bits per heavy atom. The number of aryl methyl sites for hydroxylation is 1. The van der Waals surface area contributed by atoms with Crippen molar-refractivity contribution in [3.05, 3.63) is 35.4 Å². The Morgan fingerprint density at radius 1 is 1.25 bits per heavy atom. The Labute approximate surface area is 120 Å². The Balaban J connectivity index is 2.76. The number of carbonyl (C=O) groups is 2. The maximum absolute atomic E-state index is 12.0. The fourth-order valence-electron chi connectivity index (χ4n) is 2.00. The van der Waals surface area contributed by atoms with Gasteiger partial charge in [0.1, 0.15) is 0 Å². The third-order valence-electron chi connectivity index (χ3n) is 3.25. The van der Waals surface area contributed by atoms with E-state index in [0.717, 1.165) is 5.56 Å². The topological polar surface area (TPSA) is 46.6 Å². The summed E-state index contributed by atoms with van der Waals surface area (Å²) in [5.41, 5.74) is 2.25. The van der Waals surface area contributed by atoms with Crippen LogP contribution in [-0.4, -0.2) is 30.4 Å². The summed E-state index contributed by atoms with van der Waals surface area (Å²) in [6, 6.07) is 8.06. The first kappa shape index (κ1) is 16.2. The van der Waals surface area contributed by atoms with Crippen LogP contribution in [0.4, 0.5) is 0 Å². The number of ether oxygens (including phenoxy) is 1. The van der Waals surface area contributed by atoms with E-state index in [0.29, 0.717) is 19.5 Å². The van der Waals surface area contributed by atoms with E-state index >= 15 is 0 Å². The van der Waals surface area contributed by atoms with Gasteiger partial charge in [0.05, 0.1) is 13.0 Å². The van der Waals surface area contributed by atoms with E-state index in [1.165, 1.54) is 12.7 Å². The second-order valence-corrected chi connectivity index (χ2v) is 5.04. The molecule has 0 aliphatic heterocycles. The number of hydrogen-bond acceptors (Lipinski definition) is 3. The standard InChI is InChI=1S/C16H23NO3/c1-5-15(18)17(10-13(3)16(19)20-4)11-14-8-6-12(2)7-9-14/h6-9,13H,5,10-11H2,1-4H3. The lowest BCUT2D eigenvalue weighted by Gasteiger charge is -2.25. The molecule has 0 radical (unpaired) electrons. The molecule has 0 aromatic heterocycles. The van der Waals surface area contributed by atoms with Crippen LogP contribution in [0.3, 0.4) is 0 Å². The van der Waals surface area contributed by atoms with E-state index in [1.54, 1.807) is 11.8 Å². The molecule has 1 aromatic carbocycles. The number of esters is 1. The van der Waals surface area contributed by atoms with Crippen molar-refractivity contribution in [2.45, 2.75) is 33.7 Å². The number of nitrogens with zero attached hydrogens (tertiary/aromatic N) is 1. The fraction of sp³-hybridized carbons (Fsp3) is 0.500. The molecule has 0 N–H and O–H groups in total. The molecule has 4 heteroatoms. The van der Waals surface area contributed by atoms with Gasteiger partial charge in [-0.3, -0.25) is 9.59 Å². The number of methoxy groups -OCH3 is 1. The van der Waals surface area contributed by atoms with Crippen LogP contribution in [0.1, 0.15) is 31.4 Å². The molecular formula is C16H23NO3. The van der Waals surface area contributed by atoms with E-state index in [9.17, 15) is 9.59 Å². The van der Waals surface area contributed by atoms with Gasteiger partial charge in [0.15, 0.2) is 0 Å². The first-order chi connectivity index (χ1) is 9.47. The first-order valence-electron chi connectivity index (χ1n) is 6.89. The quantitative estimate of drug-likeness (QED) is 0.751. The Kier molecular flexibility index (Phi) is 6.22. The largest absolute Gasteiger partial charge is 0.469 e. The highest BCUT2D eigenvalue weighted by Gasteiger charge is 2.20. The molecule has 4 nitrogen and oxygen atoms in total. The Bertz CT molecular complexity index is 453. The van der Waals surface area contributed by atoms with Crippen molar-refractivity contribution in [1.29, 1.82) is 0 Å². The number of carbonyl (C=O) groups excluding carboxylic acids is 2. The summed E-state index contributed by atoms with van der Waals surface area (Å²) >= 11 is 0. The van der Waals surface area contributed by atoms with Crippen molar-refractivity contribution in [2.75, 3.05) is 13.7 Å². The lowest BCUT2D eigenvalue weighted by atomic mass is 10.1. The predicted octanol–water partition coefficient (Wildman–Crippen LogP) is 2.54. The second-order valence-electron chi connectivity index (χ2n) is 5.04. The van der Waals surface area contributed by atoms with E-state index in [2.05, 4.69) is 0 Å². The third kappa shape index (κ3) is 4.68. The van der Waals surface area contributed by atoms with Crippen LogP contribution in [0.2, 0.25) is 0 Å². The minimum absolute atomic E-state index is 0.0429. The lowest BCUT2D eigenvalue weighted by Crippen LogP contribution is -2.36. The summed E-state index contributed by atoms with van der Waals surface area (Å²) in [5, 5.41) is 0. The molecule has 1 atom stereocenters. The maximum Gasteiger partial charge on any atom is 0.310 e. The van der Waals surface area contributed by atoms with Gasteiger partial charge in [0.2, 0.25) is 5.91 Å². The SMILES string of the molecule is CCC(=O)N(Cc1ccc(C)cc1)CC(C)C(=O)OC. The maximum atomic E-state index is 12.0. The van der Waals surface area contributed by atoms with E-state index in [1.807, 2.05) is 38.1 Å². The van der Waals surface area contributed by atoms with Gasteiger partial charge in [0.25, 0.3) is 0 Å². The number of benzene rings is 1. The van der Waals surface area contributed by atoms with Gasteiger partial charge < -0.3 is 9.64 Å². The van der Waals surface area contributed by atoms with E-state index < -0.39 is 0 Å². The third-order valence-corrected chi connectivity index (χ3v) is 3.25. The molecule has 0 spiro atoms. The van der Waals surface area contributed by atoms with Crippen LogP contribution in [0.25, 0.3) is 0 Å². The predicted molar refractivity (Wildman–Crippen MR) is 78.1 cm³/mol. The first-order valence-corrected chi connectivity index (χ1v) is 6.89. The van der Waals surface area contributed by atoms with E-state index in [4.69, 9.17) is 4.74 Å². The van der Waals surface area contributed by atoms with Gasteiger partial charge in [-0.2, -0.15) is 0 Å². The Hall–Kier alpha value is -1.84. The smallest absolute Gasteiger partial charge is 0.310 e. The number of rotatable bonds is 6. The average molecular weight is 277 g/mol. The number of amides is 1. The van der Waals surface area contributed by atoms with E-state index in [-0.39, 0.29) is 17.8 Å². The molecule has 20 heavy (non-hydrogen) atoms. The van der Waals surface area contributed by atoms with Crippen LogP contribution < -0.4 is 0 Å². The van der Waals surface area contributed by atoms with Crippen molar-refractivity contribution in [3.8, 4) is 0 Å². The summed E-state index contributed by atoms with van der Waals surface area (Å²) in [4.78, 5) is 25.2. The highest BCUT2D eigenvalue weighted by Crippen LogP contribution is 2.11. The van der Waals surface area contributed by atoms with Crippen LogP contribution >= 0.6 is 0 Å². The zero-order chi connectivity index (χ0) is 15.1. The fourth-order valence-corrected chi connectivity index (χ4v) is 2.00. The summed E-state index contributed by atoms with van der Waals surface area (Å²) < 4.78 is 4.72. The summed E-state index contributed by atoms with van der Waals surface area (Å²) in [6.45, 7) is 6.53. The van der Waals surface area contributed by atoms with Crippen LogP contribution in [0, 0.1) is 12.8 Å². The monoisotopic (exact) mass is 277 g/mol. The lowest BCUT2D eigenvalue weighted by molar-refractivity contribution is -0.146. The molecule has 0 saturated carbocycles. The molecular weight excluding hydrogens is 254 g/mol. The minimum Gasteiger partial charge on any atom is -0.469 e. The molecule has 1 aromatic rings. The molecule has 1 rings (SSSR count). The summed E-state index contributed by atoms with van der Waals surface area (Å²) in [7, 11) is 1.37. The van der Waals surface area contributed by atoms with Gasteiger partial charge in [0, 0.05) is 19.5 Å². The molecule has 1 unspecified atom stereocenters. The Morgan fingerprint density at radius 3 is 2.35 bits per heavy atom. The van der Waals surface area contributed by atoms with Crippen molar-refractivity contribution >= 4 is 11.9 Å². The summed E-state index contributed by atoms with van der Waals surface area (Å²) in [5.74, 6) is -0.565. The minimum atomic E-state index is -0.319. The van der Waals surface area contributed by atoms with Crippen LogP contribution in [0.15, 0.2) is 24.3 Å². The van der Waals surface area contributed by atoms with Crippen LogP contribution in [0.5, 0.6) is 0 Å². The van der Waals surface area contributed by atoms with Gasteiger partial charge in [-0.25, -0.2) is 0 Å². The summed E-state index contributed by atoms with van der Waals surface area (Å²) in [6.07, 6.45) is 0.430. The highest BCUT2D eigenvalue weighted by molar-refractivity contribution is 5.77. The van der Waals surface area contributed by atoms with Crippen molar-refractivity contribution in [1.82, 2.24) is 4.90 Å². The zero-order valence-corrected chi connectivity index (χ0v) is 12.7. The average Bonchev–Trinajstić information content (AvgIpc) is 2.46.